The molecule has 1 unspecified atom stereocenters. The van der Waals surface area contributed by atoms with E-state index < -0.39 is 66.4 Å². The number of carbonyl (C=O) groups excluding carboxylic acids is 5. The van der Waals surface area contributed by atoms with Crippen LogP contribution in [0.15, 0.2) is 35.7 Å². The Labute approximate surface area is 344 Å². The molecule has 2 heterocycles. The molecule has 0 saturated carbocycles. The largest absolute Gasteiger partial charge is 0.481 e. The van der Waals surface area contributed by atoms with Gasteiger partial charge in [0.05, 0.1) is 12.5 Å². The number of likely N-dealkylation sites (tertiary alicyclic amines) is 1. The van der Waals surface area contributed by atoms with Gasteiger partial charge in [0, 0.05) is 44.3 Å². The highest BCUT2D eigenvalue weighted by atomic mass is 32.1. The Morgan fingerprint density at radius 1 is 1.02 bits per heavy atom. The van der Waals surface area contributed by atoms with E-state index in [4.69, 9.17) is 9.84 Å². The SMILES string of the molecule is CCC(C)[C@H](NC(=O)[C@H]1CCCCN1C)C(=O)N(C)[C@H](C[C@@H](OC(C)=O)c1nc(C(=O)N[C@H](CCC(=O)N[C@@H](CC(=O)O)C(=O)O)Cc2ccccc2)cs1)C(C)C. The lowest BCUT2D eigenvalue weighted by Gasteiger charge is -2.38. The molecule has 5 N–H and O–H groups in total. The molecular formula is C41H60N6O10S. The van der Waals surface area contributed by atoms with Crippen LogP contribution in [0.3, 0.4) is 0 Å². The molecule has 2 aromatic rings. The predicted molar refractivity (Wildman–Crippen MR) is 217 cm³/mol. The smallest absolute Gasteiger partial charge is 0.326 e. The third-order valence-electron chi connectivity index (χ3n) is 10.7. The highest BCUT2D eigenvalue weighted by molar-refractivity contribution is 7.09. The van der Waals surface area contributed by atoms with Crippen molar-refractivity contribution >= 4 is 52.9 Å². The topological polar surface area (TPSA) is 225 Å². The lowest BCUT2D eigenvalue weighted by Crippen LogP contribution is -2.58. The molecule has 7 atom stereocenters. The number of rotatable bonds is 22. The van der Waals surface area contributed by atoms with Crippen LogP contribution in [0.5, 0.6) is 0 Å². The van der Waals surface area contributed by atoms with Crippen LogP contribution in [0.25, 0.3) is 0 Å². The van der Waals surface area contributed by atoms with Gasteiger partial charge in [-0.15, -0.1) is 11.3 Å². The summed E-state index contributed by atoms with van der Waals surface area (Å²) in [6.45, 7) is 9.90. The maximum atomic E-state index is 14.2. The highest BCUT2D eigenvalue weighted by Gasteiger charge is 2.37. The molecule has 0 aliphatic carbocycles. The number of nitrogens with zero attached hydrogens (tertiary/aromatic N) is 3. The minimum atomic E-state index is -1.60. The second-order valence-electron chi connectivity index (χ2n) is 15.5. The second kappa shape index (κ2) is 22.9. The summed E-state index contributed by atoms with van der Waals surface area (Å²) in [6, 6.07) is 5.50. The molecule has 17 heteroatoms. The van der Waals surface area contributed by atoms with E-state index in [2.05, 4.69) is 20.9 Å². The van der Waals surface area contributed by atoms with E-state index in [1.807, 2.05) is 70.0 Å². The number of amides is 4. The maximum Gasteiger partial charge on any atom is 0.326 e. The molecule has 4 amide bonds. The summed E-state index contributed by atoms with van der Waals surface area (Å²) < 4.78 is 5.76. The fourth-order valence-corrected chi connectivity index (χ4v) is 7.93. The summed E-state index contributed by atoms with van der Waals surface area (Å²) in [5, 5.41) is 28.4. The first-order valence-electron chi connectivity index (χ1n) is 19.9. The third-order valence-corrected chi connectivity index (χ3v) is 11.6. The Morgan fingerprint density at radius 2 is 1.71 bits per heavy atom. The quantitative estimate of drug-likeness (QED) is 0.107. The maximum absolute atomic E-state index is 14.2. The Kier molecular flexibility index (Phi) is 18.7. The minimum Gasteiger partial charge on any atom is -0.481 e. The second-order valence-corrected chi connectivity index (χ2v) is 16.4. The molecule has 58 heavy (non-hydrogen) atoms. The van der Waals surface area contributed by atoms with Crippen molar-refractivity contribution in [3.8, 4) is 0 Å². The number of carbonyl (C=O) groups is 7. The first-order valence-corrected chi connectivity index (χ1v) is 20.8. The number of aliphatic carboxylic acids is 2. The van der Waals surface area contributed by atoms with E-state index in [0.29, 0.717) is 17.8 Å². The van der Waals surface area contributed by atoms with Gasteiger partial charge in [-0.25, -0.2) is 9.78 Å². The van der Waals surface area contributed by atoms with Crippen LogP contribution in [0.1, 0.15) is 113 Å². The van der Waals surface area contributed by atoms with E-state index >= 15 is 0 Å². The van der Waals surface area contributed by atoms with E-state index in [-0.39, 0.29) is 54.6 Å². The summed E-state index contributed by atoms with van der Waals surface area (Å²) in [4.78, 5) is 97.2. The molecule has 1 saturated heterocycles. The van der Waals surface area contributed by atoms with Gasteiger partial charge in [-0.05, 0) is 56.7 Å². The first-order chi connectivity index (χ1) is 27.4. The number of esters is 1. The zero-order chi connectivity index (χ0) is 43.1. The monoisotopic (exact) mass is 828 g/mol. The van der Waals surface area contributed by atoms with Gasteiger partial charge in [0.15, 0.2) is 6.10 Å². The molecule has 3 rings (SSSR count). The molecule has 1 aliphatic heterocycles. The number of likely N-dealkylation sites (N-methyl/N-ethyl adjacent to an activating group) is 2. The number of benzene rings is 1. The number of aromatic nitrogens is 1. The van der Waals surface area contributed by atoms with Crippen molar-refractivity contribution < 1.29 is 48.5 Å². The van der Waals surface area contributed by atoms with E-state index in [9.17, 15) is 38.7 Å². The molecule has 1 aliphatic rings. The van der Waals surface area contributed by atoms with Gasteiger partial charge < -0.3 is 35.8 Å². The molecular weight excluding hydrogens is 769 g/mol. The Balaban J connectivity index is 1.80. The fourth-order valence-electron chi connectivity index (χ4n) is 7.09. The van der Waals surface area contributed by atoms with E-state index in [1.165, 1.54) is 12.3 Å². The lowest BCUT2D eigenvalue weighted by atomic mass is 9.92. The van der Waals surface area contributed by atoms with Crippen molar-refractivity contribution in [2.75, 3.05) is 20.6 Å². The van der Waals surface area contributed by atoms with Crippen molar-refractivity contribution in [2.24, 2.45) is 11.8 Å². The van der Waals surface area contributed by atoms with Crippen molar-refractivity contribution in [3.05, 3.63) is 52.0 Å². The number of carboxylic acid groups (broad SMARTS) is 2. The summed E-state index contributed by atoms with van der Waals surface area (Å²) in [7, 11) is 3.61. The zero-order valence-electron chi connectivity index (χ0n) is 34.6. The summed E-state index contributed by atoms with van der Waals surface area (Å²) in [6.07, 6.45) is 2.07. The molecule has 0 radical (unpaired) electrons. The number of nitrogens with one attached hydrogen (secondary N) is 3. The van der Waals surface area contributed by atoms with Gasteiger partial charge in [0.1, 0.15) is 22.8 Å². The van der Waals surface area contributed by atoms with Gasteiger partial charge in [0.25, 0.3) is 5.91 Å². The average molecular weight is 829 g/mol. The van der Waals surface area contributed by atoms with Crippen molar-refractivity contribution in [2.45, 2.75) is 129 Å². The Hall–Kier alpha value is -4.90. The van der Waals surface area contributed by atoms with Crippen LogP contribution in [0.2, 0.25) is 0 Å². The fraction of sp³-hybridized carbons (Fsp3) is 0.610. The third kappa shape index (κ3) is 14.5. The highest BCUT2D eigenvalue weighted by Crippen LogP contribution is 2.31. The lowest BCUT2D eigenvalue weighted by molar-refractivity contribution is -0.149. The molecule has 16 nitrogen and oxygen atoms in total. The van der Waals surface area contributed by atoms with Crippen LogP contribution in [0.4, 0.5) is 0 Å². The van der Waals surface area contributed by atoms with Crippen LogP contribution < -0.4 is 16.0 Å². The predicted octanol–water partition coefficient (Wildman–Crippen LogP) is 3.80. The number of piperidine rings is 1. The standard InChI is InChI=1S/C41H60N6O10S/c1-8-25(4)36(45-38(53)31-16-12-13-19-46(31)6)40(54)47(7)32(24(2)3)22-33(57-26(5)48)39-44-30(23-58-39)37(52)42-28(20-27-14-10-9-11-15-27)17-18-34(49)43-29(41(55)56)21-35(50)51/h9-11,14-15,23-25,28-29,31-33,36H,8,12-13,16-22H2,1-7H3,(H,42,52)(H,43,49)(H,45,53)(H,50,51)(H,55,56)/t25?,28-,29+,31-,32-,33-,36+/m1/s1. The number of ether oxygens (including phenoxy) is 1. The van der Waals surface area contributed by atoms with Crippen LogP contribution in [-0.2, 0) is 39.9 Å². The van der Waals surface area contributed by atoms with Crippen LogP contribution >= 0.6 is 11.3 Å². The number of thiazole rings is 1. The molecule has 1 aromatic heterocycles. The van der Waals surface area contributed by atoms with Crippen molar-refractivity contribution in [1.29, 1.82) is 0 Å². The van der Waals surface area contributed by atoms with E-state index in [0.717, 1.165) is 42.7 Å². The number of carboxylic acids is 2. The van der Waals surface area contributed by atoms with Gasteiger partial charge in [-0.1, -0.05) is 70.9 Å². The van der Waals surface area contributed by atoms with E-state index in [1.54, 1.807) is 11.9 Å². The molecule has 0 spiro atoms. The summed E-state index contributed by atoms with van der Waals surface area (Å²) >= 11 is 1.12. The molecule has 320 valence electrons. The summed E-state index contributed by atoms with van der Waals surface area (Å²) in [5.41, 5.74) is 0.913. The Bertz CT molecular complexity index is 1720. The van der Waals surface area contributed by atoms with Gasteiger partial charge >= 0.3 is 17.9 Å². The van der Waals surface area contributed by atoms with Gasteiger partial charge in [0.2, 0.25) is 17.7 Å². The van der Waals surface area contributed by atoms with Gasteiger partial charge in [-0.2, -0.15) is 0 Å². The van der Waals surface area contributed by atoms with Crippen LogP contribution in [-0.4, -0.2) is 117 Å². The number of hydrogen-bond acceptors (Lipinski definition) is 11. The average Bonchev–Trinajstić information content (AvgIpc) is 3.67. The molecule has 0 bridgehead atoms. The summed E-state index contributed by atoms with van der Waals surface area (Å²) in [5.74, 6) is -5.32. The van der Waals surface area contributed by atoms with Gasteiger partial charge in [-0.3, -0.25) is 33.7 Å². The minimum absolute atomic E-state index is 0.0461. The zero-order valence-corrected chi connectivity index (χ0v) is 35.4. The van der Waals surface area contributed by atoms with Crippen molar-refractivity contribution in [3.63, 3.8) is 0 Å². The van der Waals surface area contributed by atoms with Crippen LogP contribution in [0, 0.1) is 11.8 Å². The number of hydrogen-bond donors (Lipinski definition) is 5. The van der Waals surface area contributed by atoms with Crippen molar-refractivity contribution in [1.82, 2.24) is 30.7 Å². The molecule has 1 aromatic carbocycles. The first kappa shape index (κ1) is 47.5. The Morgan fingerprint density at radius 3 is 2.29 bits per heavy atom. The molecule has 1 fully saturated rings. The normalized spacial score (nSPS) is 17.5.